The van der Waals surface area contributed by atoms with Gasteiger partial charge in [0.15, 0.2) is 0 Å². The van der Waals surface area contributed by atoms with Gasteiger partial charge < -0.3 is 10.5 Å². The zero-order valence-corrected chi connectivity index (χ0v) is 9.39. The maximum atomic E-state index is 13.5. The van der Waals surface area contributed by atoms with Crippen molar-refractivity contribution in [3.8, 4) is 5.75 Å². The van der Waals surface area contributed by atoms with E-state index in [0.29, 0.717) is 17.2 Å². The van der Waals surface area contributed by atoms with E-state index in [-0.39, 0.29) is 24.3 Å². The third-order valence-electron chi connectivity index (χ3n) is 2.70. The van der Waals surface area contributed by atoms with Gasteiger partial charge in [0, 0.05) is 11.6 Å². The first-order chi connectivity index (χ1) is 6.74. The fourth-order valence-electron chi connectivity index (χ4n) is 1.71. The van der Waals surface area contributed by atoms with E-state index >= 15 is 0 Å². The predicted octanol–water partition coefficient (Wildman–Crippen LogP) is 2.67. The molecule has 4 heteroatoms. The molecule has 0 aromatic heterocycles. The number of halogens is 2. The second kappa shape index (κ2) is 4.81. The molecular weight excluding hydrogens is 217 g/mol. The molecule has 1 fully saturated rings. The molecule has 1 aromatic carbocycles. The quantitative estimate of drug-likeness (QED) is 0.868. The summed E-state index contributed by atoms with van der Waals surface area (Å²) in [6, 6.07) is 4.60. The third-order valence-corrected chi connectivity index (χ3v) is 2.70. The monoisotopic (exact) mass is 231 g/mol. The molecule has 2 rings (SSSR count). The molecule has 0 aliphatic heterocycles. The molecule has 1 aliphatic carbocycles. The number of hydrogen-bond donors (Lipinski definition) is 1. The zero-order valence-electron chi connectivity index (χ0n) is 8.57. The highest BCUT2D eigenvalue weighted by atomic mass is 35.5. The average Bonchev–Trinajstić information content (AvgIpc) is 2.99. The number of methoxy groups -OCH3 is 1. The van der Waals surface area contributed by atoms with Crippen LogP contribution in [0, 0.1) is 11.7 Å². The second-order valence-corrected chi connectivity index (χ2v) is 3.72. The lowest BCUT2D eigenvalue weighted by Gasteiger charge is -2.15. The summed E-state index contributed by atoms with van der Waals surface area (Å²) in [5.74, 6) is 0.731. The van der Waals surface area contributed by atoms with E-state index in [1.54, 1.807) is 12.1 Å². The number of hydrogen-bond acceptors (Lipinski definition) is 2. The molecule has 84 valence electrons. The molecule has 0 unspecified atom stereocenters. The van der Waals surface area contributed by atoms with E-state index in [1.165, 1.54) is 13.2 Å². The maximum Gasteiger partial charge on any atom is 0.131 e. The Morgan fingerprint density at radius 1 is 1.47 bits per heavy atom. The summed E-state index contributed by atoms with van der Waals surface area (Å²) in [6.45, 7) is 0. The van der Waals surface area contributed by atoms with Crippen LogP contribution in [0.15, 0.2) is 18.2 Å². The lowest BCUT2D eigenvalue weighted by Crippen LogP contribution is -2.15. The molecule has 15 heavy (non-hydrogen) atoms. The van der Waals surface area contributed by atoms with E-state index in [9.17, 15) is 4.39 Å². The smallest absolute Gasteiger partial charge is 0.131 e. The van der Waals surface area contributed by atoms with Gasteiger partial charge in [0.05, 0.1) is 7.11 Å². The van der Waals surface area contributed by atoms with Crippen molar-refractivity contribution in [1.82, 2.24) is 0 Å². The molecule has 0 heterocycles. The Morgan fingerprint density at radius 3 is 2.67 bits per heavy atom. The van der Waals surface area contributed by atoms with E-state index in [4.69, 9.17) is 10.5 Å². The average molecular weight is 232 g/mol. The lowest BCUT2D eigenvalue weighted by atomic mass is 10.0. The highest BCUT2D eigenvalue weighted by molar-refractivity contribution is 5.85. The van der Waals surface area contributed by atoms with Gasteiger partial charge in [0.1, 0.15) is 11.6 Å². The third kappa shape index (κ3) is 2.41. The standard InChI is InChI=1S/C11H14FNO.ClH/c1-14-9-4-2-3-8(12)10(9)11(13)7-5-6-7;/h2-4,7,11H,5-6,13H2,1H3;1H/t11-;/m1./s1. The Kier molecular flexibility index (Phi) is 3.94. The molecule has 0 saturated heterocycles. The van der Waals surface area contributed by atoms with Crippen LogP contribution in [0.2, 0.25) is 0 Å². The first-order valence-electron chi connectivity index (χ1n) is 4.82. The molecule has 0 spiro atoms. The summed E-state index contributed by atoms with van der Waals surface area (Å²) in [5, 5.41) is 0. The van der Waals surface area contributed by atoms with E-state index < -0.39 is 0 Å². The van der Waals surface area contributed by atoms with Crippen molar-refractivity contribution in [2.24, 2.45) is 11.7 Å². The Morgan fingerprint density at radius 2 is 2.13 bits per heavy atom. The van der Waals surface area contributed by atoms with Crippen LogP contribution < -0.4 is 10.5 Å². The molecule has 1 atom stereocenters. The van der Waals surface area contributed by atoms with Gasteiger partial charge in [-0.2, -0.15) is 0 Å². The number of benzene rings is 1. The molecule has 0 radical (unpaired) electrons. The van der Waals surface area contributed by atoms with Crippen LogP contribution in [0.1, 0.15) is 24.4 Å². The summed E-state index contributed by atoms with van der Waals surface area (Å²) < 4.78 is 18.6. The van der Waals surface area contributed by atoms with E-state index in [1.807, 2.05) is 0 Å². The van der Waals surface area contributed by atoms with Gasteiger partial charge >= 0.3 is 0 Å². The van der Waals surface area contributed by atoms with E-state index in [2.05, 4.69) is 0 Å². The van der Waals surface area contributed by atoms with Gasteiger partial charge in [-0.25, -0.2) is 4.39 Å². The van der Waals surface area contributed by atoms with Crippen molar-refractivity contribution in [2.75, 3.05) is 7.11 Å². The van der Waals surface area contributed by atoms with E-state index in [0.717, 1.165) is 12.8 Å². The summed E-state index contributed by atoms with van der Waals surface area (Å²) >= 11 is 0. The molecule has 1 saturated carbocycles. The molecular formula is C11H15ClFNO. The number of nitrogens with two attached hydrogens (primary N) is 1. The Balaban J connectivity index is 0.00000112. The van der Waals surface area contributed by atoms with Crippen molar-refractivity contribution in [2.45, 2.75) is 18.9 Å². The van der Waals surface area contributed by atoms with Crippen LogP contribution in [0.5, 0.6) is 5.75 Å². The topological polar surface area (TPSA) is 35.2 Å². The molecule has 1 aliphatic rings. The maximum absolute atomic E-state index is 13.5. The van der Waals surface area contributed by atoms with Crippen molar-refractivity contribution in [3.63, 3.8) is 0 Å². The van der Waals surface area contributed by atoms with Crippen LogP contribution in [-0.4, -0.2) is 7.11 Å². The fourth-order valence-corrected chi connectivity index (χ4v) is 1.71. The highest BCUT2D eigenvalue weighted by Crippen LogP contribution is 2.42. The van der Waals surface area contributed by atoms with Crippen LogP contribution in [-0.2, 0) is 0 Å². The summed E-state index contributed by atoms with van der Waals surface area (Å²) in [6.07, 6.45) is 2.19. The van der Waals surface area contributed by atoms with Crippen molar-refractivity contribution in [1.29, 1.82) is 0 Å². The number of ether oxygens (including phenoxy) is 1. The van der Waals surface area contributed by atoms with Crippen LogP contribution >= 0.6 is 12.4 Å². The van der Waals surface area contributed by atoms with Gasteiger partial charge in [-0.05, 0) is 30.9 Å². The molecule has 2 N–H and O–H groups in total. The summed E-state index contributed by atoms with van der Waals surface area (Å²) in [4.78, 5) is 0. The fraction of sp³-hybridized carbons (Fsp3) is 0.455. The van der Waals surface area contributed by atoms with Crippen molar-refractivity contribution < 1.29 is 9.13 Å². The normalized spacial score (nSPS) is 16.7. The molecule has 2 nitrogen and oxygen atoms in total. The number of rotatable bonds is 3. The minimum Gasteiger partial charge on any atom is -0.496 e. The van der Waals surface area contributed by atoms with Gasteiger partial charge in [0.25, 0.3) is 0 Å². The van der Waals surface area contributed by atoms with Crippen molar-refractivity contribution >= 4 is 12.4 Å². The predicted molar refractivity (Wildman–Crippen MR) is 59.9 cm³/mol. The first-order valence-corrected chi connectivity index (χ1v) is 4.82. The highest BCUT2D eigenvalue weighted by Gasteiger charge is 2.32. The van der Waals surface area contributed by atoms with Gasteiger partial charge in [-0.3, -0.25) is 0 Å². The van der Waals surface area contributed by atoms with Crippen LogP contribution in [0.3, 0.4) is 0 Å². The van der Waals surface area contributed by atoms with Crippen molar-refractivity contribution in [3.05, 3.63) is 29.6 Å². The van der Waals surface area contributed by atoms with Gasteiger partial charge in [-0.15, -0.1) is 12.4 Å². The SMILES string of the molecule is COc1cccc(F)c1[C@H](N)C1CC1.Cl. The Bertz CT molecular complexity index is 341. The second-order valence-electron chi connectivity index (χ2n) is 3.72. The summed E-state index contributed by atoms with van der Waals surface area (Å²) in [7, 11) is 1.54. The Labute approximate surface area is 95.0 Å². The van der Waals surface area contributed by atoms with Gasteiger partial charge in [0.2, 0.25) is 0 Å². The lowest BCUT2D eigenvalue weighted by molar-refractivity contribution is 0.395. The molecule has 0 bridgehead atoms. The molecule has 0 amide bonds. The minimum absolute atomic E-state index is 0. The van der Waals surface area contributed by atoms with Crippen LogP contribution in [0.4, 0.5) is 4.39 Å². The minimum atomic E-state index is -0.260. The van der Waals surface area contributed by atoms with Crippen LogP contribution in [0.25, 0.3) is 0 Å². The van der Waals surface area contributed by atoms with Gasteiger partial charge in [-0.1, -0.05) is 6.07 Å². The summed E-state index contributed by atoms with van der Waals surface area (Å²) in [5.41, 5.74) is 6.48. The molecule has 1 aromatic rings. The first kappa shape index (κ1) is 12.3. The zero-order chi connectivity index (χ0) is 10.1. The Hall–Kier alpha value is -0.800. The largest absolute Gasteiger partial charge is 0.496 e.